The average molecular weight is 427 g/mol. The first-order valence-corrected chi connectivity index (χ1v) is 10.5. The topological polar surface area (TPSA) is 86.1 Å². The predicted octanol–water partition coefficient (Wildman–Crippen LogP) is 3.25. The summed E-state index contributed by atoms with van der Waals surface area (Å²) in [6.45, 7) is 10.2. The van der Waals surface area contributed by atoms with Gasteiger partial charge in [-0.1, -0.05) is 18.2 Å². The highest BCUT2D eigenvalue weighted by atomic mass is 32.1. The van der Waals surface area contributed by atoms with Crippen LogP contribution in [0.15, 0.2) is 23.0 Å². The fourth-order valence-corrected chi connectivity index (χ4v) is 4.32. The summed E-state index contributed by atoms with van der Waals surface area (Å²) >= 11 is 1.22. The van der Waals surface area contributed by atoms with Crippen LogP contribution < -0.4 is 15.6 Å². The highest BCUT2D eigenvalue weighted by molar-refractivity contribution is 7.17. The van der Waals surface area contributed by atoms with Crippen LogP contribution in [0.25, 0.3) is 10.6 Å². The van der Waals surface area contributed by atoms with Gasteiger partial charge in [0.05, 0.1) is 23.5 Å². The van der Waals surface area contributed by atoms with E-state index in [1.807, 2.05) is 45.9 Å². The standard InChI is InChI=1S/C22H26N4O3S/c1-12-8-7-9-13(2)18(12)29-11-10-23-20(27)19-16(5)24-21(30-19)17-14(3)15(4)25-26(6)22(17)28/h7-9H,10-11H2,1-6H3,(H,23,27). The summed E-state index contributed by atoms with van der Waals surface area (Å²) < 4.78 is 7.14. The Balaban J connectivity index is 1.72. The largest absolute Gasteiger partial charge is 0.491 e. The van der Waals surface area contributed by atoms with E-state index in [0.29, 0.717) is 34.3 Å². The Labute approximate surface area is 179 Å². The van der Waals surface area contributed by atoms with Crippen molar-refractivity contribution in [2.45, 2.75) is 34.6 Å². The zero-order chi connectivity index (χ0) is 22.0. The number of para-hydroxylation sites is 1. The fraction of sp³-hybridized carbons (Fsp3) is 0.364. The Morgan fingerprint density at radius 2 is 1.80 bits per heavy atom. The molecule has 1 aromatic carbocycles. The minimum Gasteiger partial charge on any atom is -0.491 e. The predicted molar refractivity (Wildman–Crippen MR) is 119 cm³/mol. The van der Waals surface area contributed by atoms with Gasteiger partial charge in [-0.3, -0.25) is 9.59 Å². The Morgan fingerprint density at radius 1 is 1.13 bits per heavy atom. The molecule has 1 amide bonds. The monoisotopic (exact) mass is 426 g/mol. The van der Waals surface area contributed by atoms with Gasteiger partial charge in [0, 0.05) is 7.05 Å². The molecule has 1 N–H and O–H groups in total. The number of ether oxygens (including phenoxy) is 1. The molecule has 0 aliphatic rings. The second kappa shape index (κ2) is 8.79. The van der Waals surface area contributed by atoms with E-state index in [-0.39, 0.29) is 11.5 Å². The highest BCUT2D eigenvalue weighted by Gasteiger charge is 2.21. The lowest BCUT2D eigenvalue weighted by molar-refractivity contribution is 0.0950. The van der Waals surface area contributed by atoms with Gasteiger partial charge in [0.2, 0.25) is 0 Å². The van der Waals surface area contributed by atoms with Crippen LogP contribution in [0.4, 0.5) is 0 Å². The molecule has 0 aliphatic carbocycles. The van der Waals surface area contributed by atoms with E-state index in [4.69, 9.17) is 4.74 Å². The summed E-state index contributed by atoms with van der Waals surface area (Å²) in [5.41, 5.74) is 4.54. The van der Waals surface area contributed by atoms with Crippen molar-refractivity contribution in [2.24, 2.45) is 7.05 Å². The van der Waals surface area contributed by atoms with Crippen molar-refractivity contribution in [3.8, 4) is 16.3 Å². The van der Waals surface area contributed by atoms with Crippen LogP contribution in [-0.4, -0.2) is 33.8 Å². The normalized spacial score (nSPS) is 10.9. The van der Waals surface area contributed by atoms with E-state index in [1.165, 1.54) is 16.0 Å². The summed E-state index contributed by atoms with van der Waals surface area (Å²) in [7, 11) is 1.61. The number of nitrogens with one attached hydrogen (secondary N) is 1. The van der Waals surface area contributed by atoms with Crippen molar-refractivity contribution in [1.82, 2.24) is 20.1 Å². The minimum atomic E-state index is -0.221. The van der Waals surface area contributed by atoms with Crippen LogP contribution in [-0.2, 0) is 7.05 Å². The SMILES string of the molecule is Cc1cccc(C)c1OCCNC(=O)c1sc(-c2c(C)c(C)nn(C)c2=O)nc1C. The molecule has 0 spiro atoms. The molecule has 0 atom stereocenters. The minimum absolute atomic E-state index is 0.221. The van der Waals surface area contributed by atoms with Crippen molar-refractivity contribution in [1.29, 1.82) is 0 Å². The number of rotatable bonds is 6. The molecule has 2 heterocycles. The number of hydrogen-bond donors (Lipinski definition) is 1. The third-order valence-corrected chi connectivity index (χ3v) is 6.16. The summed E-state index contributed by atoms with van der Waals surface area (Å²) in [5, 5.41) is 7.61. The summed E-state index contributed by atoms with van der Waals surface area (Å²) in [5.74, 6) is 0.629. The maximum atomic E-state index is 12.7. The van der Waals surface area contributed by atoms with Crippen LogP contribution in [0.3, 0.4) is 0 Å². The van der Waals surface area contributed by atoms with E-state index < -0.39 is 0 Å². The van der Waals surface area contributed by atoms with Gasteiger partial charge in [0.1, 0.15) is 22.2 Å². The van der Waals surface area contributed by atoms with Crippen molar-refractivity contribution >= 4 is 17.2 Å². The van der Waals surface area contributed by atoms with Crippen molar-refractivity contribution in [3.05, 3.63) is 61.5 Å². The molecule has 158 valence electrons. The Morgan fingerprint density at radius 3 is 2.47 bits per heavy atom. The van der Waals surface area contributed by atoms with Crippen molar-refractivity contribution in [2.75, 3.05) is 13.2 Å². The maximum absolute atomic E-state index is 12.7. The molecule has 0 bridgehead atoms. The van der Waals surface area contributed by atoms with Crippen LogP contribution >= 0.6 is 11.3 Å². The Hall–Kier alpha value is -3.00. The van der Waals surface area contributed by atoms with Gasteiger partial charge in [0.25, 0.3) is 11.5 Å². The first-order chi connectivity index (χ1) is 14.2. The van der Waals surface area contributed by atoms with E-state index >= 15 is 0 Å². The first kappa shape index (κ1) is 21.7. The lowest BCUT2D eigenvalue weighted by atomic mass is 10.1. The molecule has 3 rings (SSSR count). The fourth-order valence-electron chi connectivity index (χ4n) is 3.24. The lowest BCUT2D eigenvalue weighted by Crippen LogP contribution is -2.28. The zero-order valence-corrected chi connectivity index (χ0v) is 18.9. The van der Waals surface area contributed by atoms with Crippen LogP contribution in [0.2, 0.25) is 0 Å². The highest BCUT2D eigenvalue weighted by Crippen LogP contribution is 2.28. The Kier molecular flexibility index (Phi) is 6.36. The number of hydrogen-bond acceptors (Lipinski definition) is 6. The number of benzene rings is 1. The van der Waals surface area contributed by atoms with Crippen LogP contribution in [0.1, 0.15) is 37.7 Å². The molecule has 0 unspecified atom stereocenters. The van der Waals surface area contributed by atoms with Gasteiger partial charge in [-0.2, -0.15) is 5.10 Å². The van der Waals surface area contributed by atoms with Gasteiger partial charge in [-0.15, -0.1) is 11.3 Å². The smallest absolute Gasteiger partial charge is 0.277 e. The molecule has 2 aromatic heterocycles. The van der Waals surface area contributed by atoms with Gasteiger partial charge < -0.3 is 10.1 Å². The quantitative estimate of drug-likeness (QED) is 0.612. The van der Waals surface area contributed by atoms with Crippen molar-refractivity contribution < 1.29 is 9.53 Å². The lowest BCUT2D eigenvalue weighted by Gasteiger charge is -2.12. The molecular formula is C22H26N4O3S. The Bertz CT molecular complexity index is 1140. The number of carbonyl (C=O) groups excluding carboxylic acids is 1. The average Bonchev–Trinajstić information content (AvgIpc) is 3.07. The van der Waals surface area contributed by atoms with Gasteiger partial charge in [-0.25, -0.2) is 9.67 Å². The van der Waals surface area contributed by atoms with Crippen LogP contribution in [0, 0.1) is 34.6 Å². The summed E-state index contributed by atoms with van der Waals surface area (Å²) in [4.78, 5) is 30.2. The summed E-state index contributed by atoms with van der Waals surface area (Å²) in [6.07, 6.45) is 0. The molecule has 8 heteroatoms. The first-order valence-electron chi connectivity index (χ1n) is 9.70. The molecular weight excluding hydrogens is 400 g/mol. The number of nitrogens with zero attached hydrogens (tertiary/aromatic N) is 3. The molecule has 0 aliphatic heterocycles. The van der Waals surface area contributed by atoms with Gasteiger partial charge in [0.15, 0.2) is 0 Å². The molecule has 7 nitrogen and oxygen atoms in total. The van der Waals surface area contributed by atoms with Crippen molar-refractivity contribution in [3.63, 3.8) is 0 Å². The number of amides is 1. The van der Waals surface area contributed by atoms with E-state index in [1.54, 1.807) is 14.0 Å². The number of thiazole rings is 1. The van der Waals surface area contributed by atoms with Gasteiger partial charge >= 0.3 is 0 Å². The maximum Gasteiger partial charge on any atom is 0.277 e. The second-order valence-corrected chi connectivity index (χ2v) is 8.27. The van der Waals surface area contributed by atoms with E-state index in [0.717, 1.165) is 28.1 Å². The third-order valence-electron chi connectivity index (χ3n) is 4.98. The summed E-state index contributed by atoms with van der Waals surface area (Å²) in [6, 6.07) is 5.98. The van der Waals surface area contributed by atoms with Crippen LogP contribution in [0.5, 0.6) is 5.75 Å². The molecule has 0 saturated carbocycles. The molecule has 0 radical (unpaired) electrons. The molecule has 30 heavy (non-hydrogen) atoms. The van der Waals surface area contributed by atoms with E-state index in [9.17, 15) is 9.59 Å². The number of carbonyl (C=O) groups is 1. The number of aryl methyl sites for hydroxylation is 5. The number of aromatic nitrogens is 3. The molecule has 0 fully saturated rings. The van der Waals surface area contributed by atoms with E-state index in [2.05, 4.69) is 15.4 Å². The van der Waals surface area contributed by atoms with Gasteiger partial charge in [-0.05, 0) is 51.3 Å². The second-order valence-electron chi connectivity index (χ2n) is 7.27. The third kappa shape index (κ3) is 4.28. The molecule has 0 saturated heterocycles. The molecule has 3 aromatic rings. The zero-order valence-electron chi connectivity index (χ0n) is 18.1.